The topological polar surface area (TPSA) is 82.6 Å². The fourth-order valence-corrected chi connectivity index (χ4v) is 3.58. The first-order chi connectivity index (χ1) is 16.1. The van der Waals surface area contributed by atoms with Crippen molar-refractivity contribution in [2.24, 2.45) is 0 Å². The summed E-state index contributed by atoms with van der Waals surface area (Å²) in [5.74, 6) is -0.122. The van der Waals surface area contributed by atoms with Crippen molar-refractivity contribution < 1.29 is 23.7 Å². The number of amides is 1. The second-order valence-electron chi connectivity index (χ2n) is 7.28. The lowest BCUT2D eigenvalue weighted by Gasteiger charge is -2.16. The molecule has 2 heterocycles. The fraction of sp³-hybridized carbons (Fsp3) is 0.160. The maximum Gasteiger partial charge on any atom is 0.256 e. The van der Waals surface area contributed by atoms with Gasteiger partial charge in [0.05, 0.1) is 26.1 Å². The summed E-state index contributed by atoms with van der Waals surface area (Å²) in [4.78, 5) is 31.7. The Morgan fingerprint density at radius 3 is 2.58 bits per heavy atom. The van der Waals surface area contributed by atoms with Crippen LogP contribution in [0, 0.1) is 5.82 Å². The van der Waals surface area contributed by atoms with Crippen molar-refractivity contribution >= 4 is 22.5 Å². The highest BCUT2D eigenvalue weighted by Gasteiger charge is 2.20. The molecule has 0 unspecified atom stereocenters. The minimum atomic E-state index is -0.324. The molecule has 0 atom stereocenters. The molecular formula is C25H22FN3O4. The van der Waals surface area contributed by atoms with Gasteiger partial charge < -0.3 is 10.1 Å². The monoisotopic (exact) mass is 447 g/mol. The molecule has 4 aromatic rings. The first-order valence-corrected chi connectivity index (χ1v) is 10.2. The van der Waals surface area contributed by atoms with Gasteiger partial charge in [-0.25, -0.2) is 14.2 Å². The Balaban J connectivity index is 1.80. The fourth-order valence-electron chi connectivity index (χ4n) is 3.58. The lowest BCUT2D eigenvalue weighted by Crippen LogP contribution is -2.14. The van der Waals surface area contributed by atoms with Crippen LogP contribution in [0.3, 0.4) is 0 Å². The number of aromatic nitrogens is 2. The SMILES string of the molecule is COOCc1cc(C(=O)Nc2cccnc2)c2cc(Cc3ccc(F)cc3)cnc2c1OC. The second kappa shape index (κ2) is 10.2. The van der Waals surface area contributed by atoms with E-state index in [9.17, 15) is 9.18 Å². The van der Waals surface area contributed by atoms with Crippen LogP contribution in [0.25, 0.3) is 10.9 Å². The van der Waals surface area contributed by atoms with Crippen molar-refractivity contribution in [1.82, 2.24) is 9.97 Å². The minimum Gasteiger partial charge on any atom is -0.494 e. The van der Waals surface area contributed by atoms with Gasteiger partial charge in [-0.3, -0.25) is 14.8 Å². The largest absolute Gasteiger partial charge is 0.494 e. The number of hydrogen-bond acceptors (Lipinski definition) is 6. The predicted octanol–water partition coefficient (Wildman–Crippen LogP) is 4.70. The molecule has 0 saturated carbocycles. The number of carbonyl (C=O) groups is 1. The number of carbonyl (C=O) groups excluding carboxylic acids is 1. The Morgan fingerprint density at radius 1 is 1.06 bits per heavy atom. The standard InChI is InChI=1S/C25H22FN3O4/c1-31-24-18(15-33-32-2)12-22(25(30)29-20-4-3-9-27-14-20)21-11-17(13-28-23(21)24)10-16-5-7-19(26)8-6-16/h3-9,11-14H,10,15H2,1-2H3,(H,29,30). The van der Waals surface area contributed by atoms with Crippen LogP contribution in [0.2, 0.25) is 0 Å². The Bertz CT molecular complexity index is 1260. The average Bonchev–Trinajstić information content (AvgIpc) is 2.84. The van der Waals surface area contributed by atoms with Crippen molar-refractivity contribution in [2.75, 3.05) is 19.5 Å². The minimum absolute atomic E-state index is 0.0712. The quantitative estimate of drug-likeness (QED) is 0.312. The van der Waals surface area contributed by atoms with E-state index in [1.165, 1.54) is 26.4 Å². The van der Waals surface area contributed by atoms with Gasteiger partial charge in [-0.15, -0.1) is 0 Å². The number of anilines is 1. The van der Waals surface area contributed by atoms with Crippen LogP contribution in [0.4, 0.5) is 10.1 Å². The van der Waals surface area contributed by atoms with Crippen molar-refractivity contribution in [3.05, 3.63) is 95.2 Å². The molecule has 1 N–H and O–H groups in total. The molecule has 2 aromatic heterocycles. The number of fused-ring (bicyclic) bond motifs is 1. The van der Waals surface area contributed by atoms with Crippen LogP contribution in [0.5, 0.6) is 5.75 Å². The summed E-state index contributed by atoms with van der Waals surface area (Å²) in [6.07, 6.45) is 5.45. The molecule has 0 spiro atoms. The molecule has 33 heavy (non-hydrogen) atoms. The van der Waals surface area contributed by atoms with Gasteiger partial charge in [0.15, 0.2) is 5.75 Å². The van der Waals surface area contributed by atoms with Crippen molar-refractivity contribution in [2.45, 2.75) is 13.0 Å². The Labute approximate surface area is 190 Å². The zero-order valence-corrected chi connectivity index (χ0v) is 18.2. The average molecular weight is 447 g/mol. The Hall–Kier alpha value is -3.88. The van der Waals surface area contributed by atoms with Crippen molar-refractivity contribution in [3.63, 3.8) is 0 Å². The summed E-state index contributed by atoms with van der Waals surface area (Å²) in [5.41, 5.74) is 3.90. The van der Waals surface area contributed by atoms with E-state index >= 15 is 0 Å². The van der Waals surface area contributed by atoms with Crippen molar-refractivity contribution in [1.29, 1.82) is 0 Å². The third kappa shape index (κ3) is 5.14. The highest BCUT2D eigenvalue weighted by atomic mass is 19.1. The maximum atomic E-state index is 13.3. The van der Waals surface area contributed by atoms with Crippen LogP contribution < -0.4 is 10.1 Å². The lowest BCUT2D eigenvalue weighted by atomic mass is 9.99. The summed E-state index contributed by atoms with van der Waals surface area (Å²) in [5, 5.41) is 3.48. The molecule has 0 aliphatic rings. The molecule has 0 bridgehead atoms. The Morgan fingerprint density at radius 2 is 1.88 bits per heavy atom. The van der Waals surface area contributed by atoms with E-state index < -0.39 is 0 Å². The van der Waals surface area contributed by atoms with E-state index in [4.69, 9.17) is 14.5 Å². The van der Waals surface area contributed by atoms with Crippen LogP contribution in [0.1, 0.15) is 27.0 Å². The smallest absolute Gasteiger partial charge is 0.256 e. The summed E-state index contributed by atoms with van der Waals surface area (Å²) in [6.45, 7) is 0.0712. The maximum absolute atomic E-state index is 13.3. The van der Waals surface area contributed by atoms with Gasteiger partial charge in [-0.2, -0.15) is 0 Å². The van der Waals surface area contributed by atoms with E-state index in [1.807, 2.05) is 6.07 Å². The van der Waals surface area contributed by atoms with Crippen LogP contribution in [-0.4, -0.2) is 30.1 Å². The zero-order chi connectivity index (χ0) is 23.2. The van der Waals surface area contributed by atoms with E-state index in [-0.39, 0.29) is 18.3 Å². The number of halogens is 1. The summed E-state index contributed by atoms with van der Waals surface area (Å²) in [7, 11) is 2.94. The number of rotatable bonds is 8. The van der Waals surface area contributed by atoms with Gasteiger partial charge in [0.25, 0.3) is 5.91 Å². The van der Waals surface area contributed by atoms with Gasteiger partial charge in [-0.1, -0.05) is 12.1 Å². The number of ether oxygens (including phenoxy) is 1. The van der Waals surface area contributed by atoms with Gasteiger partial charge in [0.1, 0.15) is 17.9 Å². The number of methoxy groups -OCH3 is 1. The molecule has 0 radical (unpaired) electrons. The molecular weight excluding hydrogens is 425 g/mol. The van der Waals surface area contributed by atoms with Crippen LogP contribution >= 0.6 is 0 Å². The molecule has 8 heteroatoms. The van der Waals surface area contributed by atoms with Crippen LogP contribution in [-0.2, 0) is 22.8 Å². The highest BCUT2D eigenvalue weighted by molar-refractivity contribution is 6.13. The van der Waals surface area contributed by atoms with E-state index in [0.29, 0.717) is 39.9 Å². The number of hydrogen-bond donors (Lipinski definition) is 1. The van der Waals surface area contributed by atoms with Crippen LogP contribution in [0.15, 0.2) is 67.1 Å². The van der Waals surface area contributed by atoms with Gasteiger partial charge in [0, 0.05) is 28.9 Å². The molecule has 0 fully saturated rings. The first kappa shape index (κ1) is 22.3. The van der Waals surface area contributed by atoms with Gasteiger partial charge >= 0.3 is 0 Å². The third-order valence-electron chi connectivity index (χ3n) is 5.08. The predicted molar refractivity (Wildman–Crippen MR) is 121 cm³/mol. The molecule has 7 nitrogen and oxygen atoms in total. The summed E-state index contributed by atoms with van der Waals surface area (Å²) >= 11 is 0. The molecule has 168 valence electrons. The Kier molecular flexibility index (Phi) is 6.87. The normalized spacial score (nSPS) is 10.9. The van der Waals surface area contributed by atoms with Crippen molar-refractivity contribution in [3.8, 4) is 5.75 Å². The highest BCUT2D eigenvalue weighted by Crippen LogP contribution is 2.33. The number of pyridine rings is 2. The van der Waals surface area contributed by atoms with E-state index in [2.05, 4.69) is 15.3 Å². The summed E-state index contributed by atoms with van der Waals surface area (Å²) in [6, 6.07) is 13.4. The van der Waals surface area contributed by atoms with E-state index in [1.54, 1.807) is 48.9 Å². The third-order valence-corrected chi connectivity index (χ3v) is 5.08. The molecule has 4 rings (SSSR count). The van der Waals surface area contributed by atoms with Gasteiger partial charge in [0.2, 0.25) is 0 Å². The molecule has 0 saturated heterocycles. The molecule has 0 aliphatic heterocycles. The van der Waals surface area contributed by atoms with Gasteiger partial charge in [-0.05, 0) is 53.9 Å². The number of benzene rings is 2. The lowest BCUT2D eigenvalue weighted by molar-refractivity contribution is -0.282. The molecule has 2 aromatic carbocycles. The zero-order valence-electron chi connectivity index (χ0n) is 18.2. The van der Waals surface area contributed by atoms with E-state index in [0.717, 1.165) is 11.1 Å². The summed E-state index contributed by atoms with van der Waals surface area (Å²) < 4.78 is 18.9. The molecule has 1 amide bonds. The first-order valence-electron chi connectivity index (χ1n) is 10.2. The number of nitrogens with one attached hydrogen (secondary N) is 1. The number of nitrogens with zero attached hydrogens (tertiary/aromatic N) is 2. The second-order valence-corrected chi connectivity index (χ2v) is 7.28. The molecule has 0 aliphatic carbocycles.